The van der Waals surface area contributed by atoms with Gasteiger partial charge in [-0.15, -0.1) is 0 Å². The largest absolute Gasteiger partial charge is 0.270 e. The quantitative estimate of drug-likeness (QED) is 0.507. The lowest BCUT2D eigenvalue weighted by Crippen LogP contribution is -2.44. The molecule has 8 heteroatoms. The van der Waals surface area contributed by atoms with E-state index in [2.05, 4.69) is 0 Å². The number of benzene rings is 3. The molecule has 34 heavy (non-hydrogen) atoms. The summed E-state index contributed by atoms with van der Waals surface area (Å²) >= 11 is 0. The molecule has 1 aliphatic rings. The van der Waals surface area contributed by atoms with E-state index in [4.69, 9.17) is 0 Å². The van der Waals surface area contributed by atoms with Gasteiger partial charge in [-0.2, -0.15) is 0 Å². The average Bonchev–Trinajstić information content (AvgIpc) is 2.81. The van der Waals surface area contributed by atoms with Crippen LogP contribution in [-0.4, -0.2) is 38.5 Å². The van der Waals surface area contributed by atoms with E-state index in [0.717, 1.165) is 22.3 Å². The van der Waals surface area contributed by atoms with E-state index < -0.39 is 20.0 Å². The number of hydrogen-bond acceptors (Lipinski definition) is 4. The van der Waals surface area contributed by atoms with Crippen LogP contribution < -0.4 is 0 Å². The molecule has 1 heterocycles. The van der Waals surface area contributed by atoms with Gasteiger partial charge in [0, 0.05) is 12.6 Å². The van der Waals surface area contributed by atoms with Gasteiger partial charge in [-0.05, 0) is 50.6 Å². The van der Waals surface area contributed by atoms with Crippen molar-refractivity contribution >= 4 is 20.0 Å². The maximum absolute atomic E-state index is 13.5. The Morgan fingerprint density at radius 3 is 1.56 bits per heavy atom. The van der Waals surface area contributed by atoms with Crippen LogP contribution in [0.15, 0.2) is 94.5 Å². The third-order valence-electron chi connectivity index (χ3n) is 5.88. The Kier molecular flexibility index (Phi) is 6.55. The fourth-order valence-corrected chi connectivity index (χ4v) is 6.63. The second kappa shape index (κ2) is 9.27. The Labute approximate surface area is 202 Å². The predicted molar refractivity (Wildman–Crippen MR) is 133 cm³/mol. The van der Waals surface area contributed by atoms with Crippen LogP contribution in [0.5, 0.6) is 0 Å². The van der Waals surface area contributed by atoms with Gasteiger partial charge < -0.3 is 0 Å². The number of rotatable bonds is 6. The first kappa shape index (κ1) is 24.0. The summed E-state index contributed by atoms with van der Waals surface area (Å²) in [5.74, 6) is 0. The van der Waals surface area contributed by atoms with E-state index in [0.29, 0.717) is 5.70 Å². The van der Waals surface area contributed by atoms with E-state index in [-0.39, 0.29) is 29.3 Å². The summed E-state index contributed by atoms with van der Waals surface area (Å²) in [6, 6.07) is 21.1. The zero-order valence-corrected chi connectivity index (χ0v) is 21.1. The summed E-state index contributed by atoms with van der Waals surface area (Å²) in [5.41, 5.74) is 4.32. The van der Waals surface area contributed by atoms with E-state index in [1.165, 1.54) is 14.8 Å². The van der Waals surface area contributed by atoms with Crippen LogP contribution in [0.2, 0.25) is 0 Å². The highest BCUT2D eigenvalue weighted by molar-refractivity contribution is 7.89. The van der Waals surface area contributed by atoms with Crippen LogP contribution in [0.25, 0.3) is 0 Å². The lowest BCUT2D eigenvalue weighted by atomic mass is 10.1. The van der Waals surface area contributed by atoms with E-state index >= 15 is 0 Å². The molecule has 0 amide bonds. The van der Waals surface area contributed by atoms with Crippen LogP contribution in [-0.2, 0) is 26.5 Å². The predicted octanol–water partition coefficient (Wildman–Crippen LogP) is 4.39. The van der Waals surface area contributed by atoms with Crippen molar-refractivity contribution in [3.05, 3.63) is 107 Å². The molecular weight excluding hydrogens is 468 g/mol. The van der Waals surface area contributed by atoms with Gasteiger partial charge in [-0.3, -0.25) is 8.61 Å². The molecule has 0 fully saturated rings. The van der Waals surface area contributed by atoms with Gasteiger partial charge in [0.2, 0.25) is 0 Å². The molecule has 4 rings (SSSR count). The van der Waals surface area contributed by atoms with Gasteiger partial charge >= 0.3 is 0 Å². The molecule has 1 aliphatic heterocycles. The van der Waals surface area contributed by atoms with Gasteiger partial charge in [0.1, 0.15) is 0 Å². The molecule has 3 aromatic rings. The fourth-order valence-electron chi connectivity index (χ4n) is 3.82. The average molecular weight is 497 g/mol. The van der Waals surface area contributed by atoms with Crippen molar-refractivity contribution in [2.45, 2.75) is 37.0 Å². The number of hydrogen-bond donors (Lipinski definition) is 0. The molecule has 0 aliphatic carbocycles. The molecule has 0 unspecified atom stereocenters. The Morgan fingerprint density at radius 2 is 1.06 bits per heavy atom. The van der Waals surface area contributed by atoms with Crippen molar-refractivity contribution in [2.75, 3.05) is 13.1 Å². The minimum atomic E-state index is -3.85. The standard InChI is InChI=1S/C26H28N2O4S2/c1-20-4-10-23(11-5-20)18-24-19-27(33(29,30)25-12-6-21(2)7-13-25)16-17-28(24)34(31,32)26-14-8-22(3)9-15-26/h4-15,19H,16-18H2,1-3H3. The van der Waals surface area contributed by atoms with Crippen molar-refractivity contribution in [3.8, 4) is 0 Å². The fraction of sp³-hybridized carbons (Fsp3) is 0.231. The first-order chi connectivity index (χ1) is 16.1. The van der Waals surface area contributed by atoms with Crippen LogP contribution in [0.1, 0.15) is 22.3 Å². The maximum Gasteiger partial charge on any atom is 0.264 e. The zero-order chi connectivity index (χ0) is 24.5. The van der Waals surface area contributed by atoms with Crippen molar-refractivity contribution in [1.29, 1.82) is 0 Å². The zero-order valence-electron chi connectivity index (χ0n) is 19.5. The minimum Gasteiger partial charge on any atom is -0.270 e. The molecular formula is C26H28N2O4S2. The van der Waals surface area contributed by atoms with Gasteiger partial charge in [-0.25, -0.2) is 16.8 Å². The van der Waals surface area contributed by atoms with Crippen molar-refractivity contribution in [1.82, 2.24) is 8.61 Å². The summed E-state index contributed by atoms with van der Waals surface area (Å²) in [4.78, 5) is 0.363. The van der Waals surface area contributed by atoms with Crippen molar-refractivity contribution < 1.29 is 16.8 Å². The van der Waals surface area contributed by atoms with Gasteiger partial charge in [0.15, 0.2) is 0 Å². The highest BCUT2D eigenvalue weighted by Gasteiger charge is 2.34. The molecule has 0 bridgehead atoms. The van der Waals surface area contributed by atoms with E-state index in [9.17, 15) is 16.8 Å². The summed E-state index contributed by atoms with van der Waals surface area (Å²) in [6.45, 7) is 5.82. The summed E-state index contributed by atoms with van der Waals surface area (Å²) in [5, 5.41) is 0. The minimum absolute atomic E-state index is 0.0265. The third-order valence-corrected chi connectivity index (χ3v) is 9.52. The second-order valence-electron chi connectivity index (χ2n) is 8.60. The maximum atomic E-state index is 13.5. The Bertz CT molecular complexity index is 1410. The third kappa shape index (κ3) is 4.88. The molecule has 0 saturated carbocycles. The second-order valence-corrected chi connectivity index (χ2v) is 12.4. The lowest BCUT2D eigenvalue weighted by Gasteiger charge is -2.35. The Balaban J connectivity index is 1.76. The highest BCUT2D eigenvalue weighted by Crippen LogP contribution is 2.29. The molecule has 0 aromatic heterocycles. The van der Waals surface area contributed by atoms with Crippen LogP contribution in [0, 0.1) is 20.8 Å². The number of nitrogens with zero attached hydrogens (tertiary/aromatic N) is 2. The molecule has 3 aromatic carbocycles. The molecule has 0 saturated heterocycles. The van der Waals surface area contributed by atoms with Crippen LogP contribution in [0.3, 0.4) is 0 Å². The van der Waals surface area contributed by atoms with Crippen molar-refractivity contribution in [2.24, 2.45) is 0 Å². The smallest absolute Gasteiger partial charge is 0.264 e. The molecule has 0 N–H and O–H groups in total. The SMILES string of the molecule is Cc1ccc(CC2=CN(S(=O)(=O)c3ccc(C)cc3)CCN2S(=O)(=O)c2ccc(C)cc2)cc1. The first-order valence-electron chi connectivity index (χ1n) is 11.0. The molecule has 0 radical (unpaired) electrons. The normalized spacial score (nSPS) is 14.7. The van der Waals surface area contributed by atoms with Gasteiger partial charge in [0.05, 0.1) is 28.6 Å². The monoisotopic (exact) mass is 496 g/mol. The van der Waals surface area contributed by atoms with Crippen molar-refractivity contribution in [3.63, 3.8) is 0 Å². The number of sulfonamides is 2. The van der Waals surface area contributed by atoms with E-state index in [1.807, 2.05) is 45.0 Å². The lowest BCUT2D eigenvalue weighted by molar-refractivity contribution is 0.381. The van der Waals surface area contributed by atoms with E-state index in [1.54, 1.807) is 48.5 Å². The molecule has 0 atom stereocenters. The topological polar surface area (TPSA) is 74.8 Å². The van der Waals surface area contributed by atoms with Gasteiger partial charge in [-0.1, -0.05) is 65.2 Å². The Hall–Kier alpha value is -3.10. The highest BCUT2D eigenvalue weighted by atomic mass is 32.2. The first-order valence-corrected chi connectivity index (χ1v) is 13.9. The molecule has 178 valence electrons. The van der Waals surface area contributed by atoms with Crippen LogP contribution >= 0.6 is 0 Å². The molecule has 0 spiro atoms. The number of aryl methyl sites for hydroxylation is 3. The molecule has 6 nitrogen and oxygen atoms in total. The number of allylic oxidation sites excluding steroid dienone is 1. The summed E-state index contributed by atoms with van der Waals surface area (Å²) in [7, 11) is -7.67. The van der Waals surface area contributed by atoms with Gasteiger partial charge in [0.25, 0.3) is 20.0 Å². The Morgan fingerprint density at radius 1 is 0.618 bits per heavy atom. The summed E-state index contributed by atoms with van der Waals surface area (Å²) in [6.07, 6.45) is 1.75. The van der Waals surface area contributed by atoms with Crippen LogP contribution in [0.4, 0.5) is 0 Å². The summed E-state index contributed by atoms with van der Waals surface area (Å²) < 4.78 is 56.3.